The van der Waals surface area contributed by atoms with Crippen LogP contribution in [0.5, 0.6) is 0 Å². The van der Waals surface area contributed by atoms with Crippen molar-refractivity contribution in [3.05, 3.63) is 48.3 Å². The van der Waals surface area contributed by atoms with Gasteiger partial charge >= 0.3 is 0 Å². The zero-order valence-electron chi connectivity index (χ0n) is 15.3. The van der Waals surface area contributed by atoms with Crippen molar-refractivity contribution in [3.8, 4) is 0 Å². The summed E-state index contributed by atoms with van der Waals surface area (Å²) in [6.07, 6.45) is 3.36. The summed E-state index contributed by atoms with van der Waals surface area (Å²) in [7, 11) is 0. The van der Waals surface area contributed by atoms with Gasteiger partial charge in [0.25, 0.3) is 5.91 Å². The molecular formula is C20H24N4O3. The van der Waals surface area contributed by atoms with Gasteiger partial charge in [-0.25, -0.2) is 0 Å². The fourth-order valence-corrected chi connectivity index (χ4v) is 3.39. The number of hydrogen-bond donors (Lipinski definition) is 1. The molecule has 7 nitrogen and oxygen atoms in total. The molecule has 0 saturated carbocycles. The van der Waals surface area contributed by atoms with Crippen LogP contribution in [0.4, 0.5) is 17.1 Å². The predicted molar refractivity (Wildman–Crippen MR) is 104 cm³/mol. The Balaban J connectivity index is 1.52. The molecule has 3 heterocycles. The van der Waals surface area contributed by atoms with E-state index in [0.717, 1.165) is 43.4 Å². The van der Waals surface area contributed by atoms with Crippen molar-refractivity contribution in [3.63, 3.8) is 0 Å². The second kappa shape index (κ2) is 8.37. The van der Waals surface area contributed by atoms with E-state index in [4.69, 9.17) is 9.47 Å². The van der Waals surface area contributed by atoms with Crippen LogP contribution in [0.3, 0.4) is 0 Å². The lowest BCUT2D eigenvalue weighted by atomic mass is 10.2. The van der Waals surface area contributed by atoms with Crippen LogP contribution in [-0.4, -0.2) is 68.4 Å². The Morgan fingerprint density at radius 2 is 1.67 bits per heavy atom. The van der Waals surface area contributed by atoms with Crippen LogP contribution in [0.25, 0.3) is 0 Å². The number of morpholine rings is 2. The van der Waals surface area contributed by atoms with Crippen molar-refractivity contribution in [2.75, 3.05) is 62.8 Å². The molecular weight excluding hydrogens is 344 g/mol. The molecule has 2 aliphatic rings. The fourth-order valence-electron chi connectivity index (χ4n) is 3.39. The van der Waals surface area contributed by atoms with Crippen LogP contribution < -0.4 is 10.2 Å². The Hall–Kier alpha value is -2.64. The molecule has 2 aromatic rings. The van der Waals surface area contributed by atoms with E-state index in [1.807, 2.05) is 29.2 Å². The number of nitrogens with one attached hydrogen (secondary N) is 1. The first-order valence-corrected chi connectivity index (χ1v) is 9.32. The first-order valence-electron chi connectivity index (χ1n) is 9.32. The predicted octanol–water partition coefficient (Wildman–Crippen LogP) is 2.13. The number of benzene rings is 1. The molecule has 0 atom stereocenters. The topological polar surface area (TPSA) is 66.9 Å². The van der Waals surface area contributed by atoms with Crippen LogP contribution in [-0.2, 0) is 9.47 Å². The Bertz CT molecular complexity index is 786. The molecule has 1 aromatic carbocycles. The summed E-state index contributed by atoms with van der Waals surface area (Å²) in [5, 5.41) is 3.43. The van der Waals surface area contributed by atoms with Crippen molar-refractivity contribution in [2.24, 2.45) is 0 Å². The Labute approximate surface area is 158 Å². The number of para-hydroxylation sites is 2. The van der Waals surface area contributed by atoms with Gasteiger partial charge in [0.1, 0.15) is 0 Å². The molecule has 0 radical (unpaired) electrons. The molecule has 142 valence electrons. The summed E-state index contributed by atoms with van der Waals surface area (Å²) in [5.41, 5.74) is 3.52. The van der Waals surface area contributed by atoms with Gasteiger partial charge in [-0.15, -0.1) is 0 Å². The van der Waals surface area contributed by atoms with E-state index in [1.54, 1.807) is 12.4 Å². The van der Waals surface area contributed by atoms with Gasteiger partial charge < -0.3 is 24.6 Å². The van der Waals surface area contributed by atoms with Crippen LogP contribution in [0.2, 0.25) is 0 Å². The number of carbonyl (C=O) groups excluding carboxylic acids is 1. The van der Waals surface area contributed by atoms with E-state index in [-0.39, 0.29) is 5.91 Å². The van der Waals surface area contributed by atoms with Crippen LogP contribution in [0, 0.1) is 0 Å². The number of hydrogen-bond acceptors (Lipinski definition) is 6. The third-order valence-corrected chi connectivity index (χ3v) is 4.82. The van der Waals surface area contributed by atoms with Crippen LogP contribution in [0.15, 0.2) is 42.7 Å². The van der Waals surface area contributed by atoms with E-state index >= 15 is 0 Å². The van der Waals surface area contributed by atoms with Crippen molar-refractivity contribution >= 4 is 23.0 Å². The maximum absolute atomic E-state index is 12.7. The van der Waals surface area contributed by atoms with Crippen molar-refractivity contribution in [2.45, 2.75) is 0 Å². The van der Waals surface area contributed by atoms with E-state index in [9.17, 15) is 4.79 Å². The van der Waals surface area contributed by atoms with Gasteiger partial charge in [-0.2, -0.15) is 0 Å². The van der Waals surface area contributed by atoms with E-state index in [0.29, 0.717) is 31.9 Å². The molecule has 1 N–H and O–H groups in total. The number of anilines is 3. The molecule has 7 heteroatoms. The smallest absolute Gasteiger partial charge is 0.255 e. The largest absolute Gasteiger partial charge is 0.378 e. The SMILES string of the molecule is O=C(c1cncc(Nc2ccccc2N2CCOCC2)c1)N1CCOCC1. The maximum Gasteiger partial charge on any atom is 0.255 e. The summed E-state index contributed by atoms with van der Waals surface area (Å²) >= 11 is 0. The Morgan fingerprint density at radius 3 is 2.44 bits per heavy atom. The van der Waals surface area contributed by atoms with E-state index in [1.165, 1.54) is 0 Å². The maximum atomic E-state index is 12.7. The van der Waals surface area contributed by atoms with Gasteiger partial charge in [-0.1, -0.05) is 12.1 Å². The zero-order valence-corrected chi connectivity index (χ0v) is 15.3. The molecule has 4 rings (SSSR count). The van der Waals surface area contributed by atoms with Gasteiger partial charge in [0, 0.05) is 32.4 Å². The molecule has 1 amide bonds. The summed E-state index contributed by atoms with van der Waals surface area (Å²) in [4.78, 5) is 21.1. The number of aromatic nitrogens is 1. The highest BCUT2D eigenvalue weighted by atomic mass is 16.5. The molecule has 1 aromatic heterocycles. The first kappa shape index (κ1) is 17.8. The zero-order chi connectivity index (χ0) is 18.5. The Morgan fingerprint density at radius 1 is 0.963 bits per heavy atom. The van der Waals surface area contributed by atoms with Crippen molar-refractivity contribution in [1.82, 2.24) is 9.88 Å². The van der Waals surface area contributed by atoms with Gasteiger partial charge in [-0.05, 0) is 18.2 Å². The van der Waals surface area contributed by atoms with Gasteiger partial charge in [0.05, 0.1) is 55.2 Å². The lowest BCUT2D eigenvalue weighted by Crippen LogP contribution is -2.40. The molecule has 2 aliphatic heterocycles. The second-order valence-corrected chi connectivity index (χ2v) is 6.61. The number of carbonyl (C=O) groups is 1. The first-order chi connectivity index (χ1) is 13.3. The highest BCUT2D eigenvalue weighted by Crippen LogP contribution is 2.29. The quantitative estimate of drug-likeness (QED) is 0.892. The molecule has 27 heavy (non-hydrogen) atoms. The molecule has 2 fully saturated rings. The third-order valence-electron chi connectivity index (χ3n) is 4.82. The standard InChI is InChI=1S/C20H24N4O3/c25-20(24-7-11-27-12-8-24)16-13-17(15-21-14-16)22-18-3-1-2-4-19(18)23-5-9-26-10-6-23/h1-4,13-15,22H,5-12H2. The minimum Gasteiger partial charge on any atom is -0.378 e. The highest BCUT2D eigenvalue weighted by Gasteiger charge is 2.19. The average Bonchev–Trinajstić information content (AvgIpc) is 2.75. The summed E-state index contributed by atoms with van der Waals surface area (Å²) in [5.74, 6) is -0.00378. The number of nitrogens with zero attached hydrogens (tertiary/aromatic N) is 3. The molecule has 0 bridgehead atoms. The average molecular weight is 368 g/mol. The normalized spacial score (nSPS) is 17.6. The van der Waals surface area contributed by atoms with Crippen LogP contribution in [0.1, 0.15) is 10.4 Å². The molecule has 0 unspecified atom stereocenters. The molecule has 0 spiro atoms. The minimum atomic E-state index is -0.00378. The third kappa shape index (κ3) is 4.20. The number of pyridine rings is 1. The second-order valence-electron chi connectivity index (χ2n) is 6.61. The summed E-state index contributed by atoms with van der Waals surface area (Å²) < 4.78 is 10.8. The van der Waals surface area contributed by atoms with Crippen molar-refractivity contribution in [1.29, 1.82) is 0 Å². The lowest BCUT2D eigenvalue weighted by molar-refractivity contribution is 0.0302. The van der Waals surface area contributed by atoms with Crippen molar-refractivity contribution < 1.29 is 14.3 Å². The number of rotatable bonds is 4. The summed E-state index contributed by atoms with van der Waals surface area (Å²) in [6, 6.07) is 10.0. The highest BCUT2D eigenvalue weighted by molar-refractivity contribution is 5.95. The molecule has 2 saturated heterocycles. The van der Waals surface area contributed by atoms with Gasteiger partial charge in [-0.3, -0.25) is 9.78 Å². The monoisotopic (exact) mass is 368 g/mol. The van der Waals surface area contributed by atoms with Crippen LogP contribution >= 0.6 is 0 Å². The summed E-state index contributed by atoms with van der Waals surface area (Å²) in [6.45, 7) is 5.62. The molecule has 0 aliphatic carbocycles. The van der Waals surface area contributed by atoms with E-state index < -0.39 is 0 Å². The van der Waals surface area contributed by atoms with Gasteiger partial charge in [0.2, 0.25) is 0 Å². The minimum absolute atomic E-state index is 0.00378. The lowest BCUT2D eigenvalue weighted by Gasteiger charge is -2.30. The number of ether oxygens (including phenoxy) is 2. The van der Waals surface area contributed by atoms with Gasteiger partial charge in [0.15, 0.2) is 0 Å². The fraction of sp³-hybridized carbons (Fsp3) is 0.400. The Kier molecular flexibility index (Phi) is 5.50. The number of amides is 1. The van der Waals surface area contributed by atoms with E-state index in [2.05, 4.69) is 21.3 Å².